The van der Waals surface area contributed by atoms with Gasteiger partial charge in [0.15, 0.2) is 0 Å². The van der Waals surface area contributed by atoms with Crippen LogP contribution in [0.1, 0.15) is 18.1 Å². The van der Waals surface area contributed by atoms with Crippen LogP contribution in [-0.2, 0) is 6.42 Å². The number of fused-ring (bicyclic) bond motifs is 1. The van der Waals surface area contributed by atoms with Crippen LogP contribution >= 0.6 is 0 Å². The fourth-order valence-electron chi connectivity index (χ4n) is 1.90. The molecule has 15 heavy (non-hydrogen) atoms. The highest BCUT2D eigenvalue weighted by molar-refractivity contribution is 5.88. The minimum atomic E-state index is 0.290. The topological polar surface area (TPSA) is 20.2 Å². The summed E-state index contributed by atoms with van der Waals surface area (Å²) in [6.45, 7) is 2.09. The number of phenolic OH excluding ortho intramolecular Hbond substituents is 1. The maximum Gasteiger partial charge on any atom is 0.116 e. The molecule has 0 unspecified atom stereocenters. The summed E-state index contributed by atoms with van der Waals surface area (Å²) in [5, 5.41) is 11.5. The quantitative estimate of drug-likeness (QED) is 0.695. The van der Waals surface area contributed by atoms with E-state index in [1.165, 1.54) is 5.56 Å². The van der Waals surface area contributed by atoms with E-state index in [1.807, 2.05) is 18.2 Å². The van der Waals surface area contributed by atoms with Crippen LogP contribution < -0.4 is 0 Å². The summed E-state index contributed by atoms with van der Waals surface area (Å²) in [5.41, 5.74) is 2.12. The zero-order chi connectivity index (χ0) is 10.8. The van der Waals surface area contributed by atoms with Crippen LogP contribution in [0.5, 0.6) is 5.75 Å². The lowest BCUT2D eigenvalue weighted by Crippen LogP contribution is -1.89. The van der Waals surface area contributed by atoms with E-state index in [4.69, 9.17) is 6.42 Å². The Hall–Kier alpha value is -1.94. The van der Waals surface area contributed by atoms with Gasteiger partial charge in [-0.05, 0) is 41.0 Å². The second-order valence-electron chi connectivity index (χ2n) is 3.50. The molecule has 0 aliphatic heterocycles. The first-order chi connectivity index (χ1) is 7.26. The molecule has 0 spiro atoms. The largest absolute Gasteiger partial charge is 0.508 e. The van der Waals surface area contributed by atoms with Crippen molar-refractivity contribution in [3.8, 4) is 18.1 Å². The van der Waals surface area contributed by atoms with E-state index in [-0.39, 0.29) is 5.75 Å². The van der Waals surface area contributed by atoms with Gasteiger partial charge in [-0.1, -0.05) is 25.0 Å². The van der Waals surface area contributed by atoms with Gasteiger partial charge in [-0.3, -0.25) is 0 Å². The number of phenols is 1. The third-order valence-electron chi connectivity index (χ3n) is 2.62. The smallest absolute Gasteiger partial charge is 0.116 e. The van der Waals surface area contributed by atoms with Gasteiger partial charge in [0.05, 0.1) is 0 Å². The summed E-state index contributed by atoms with van der Waals surface area (Å²) < 4.78 is 0. The summed E-state index contributed by atoms with van der Waals surface area (Å²) in [4.78, 5) is 0. The van der Waals surface area contributed by atoms with Crippen LogP contribution in [0, 0.1) is 12.3 Å². The number of rotatable bonds is 1. The van der Waals surface area contributed by atoms with Crippen molar-refractivity contribution in [2.75, 3.05) is 0 Å². The van der Waals surface area contributed by atoms with Crippen molar-refractivity contribution in [1.82, 2.24) is 0 Å². The Morgan fingerprint density at radius 3 is 2.73 bits per heavy atom. The molecule has 1 nitrogen and oxygen atoms in total. The molecule has 0 amide bonds. The highest BCUT2D eigenvalue weighted by Gasteiger charge is 2.04. The maximum absolute atomic E-state index is 9.38. The first-order valence-corrected chi connectivity index (χ1v) is 4.97. The summed E-state index contributed by atoms with van der Waals surface area (Å²) in [6.07, 6.45) is 6.35. The van der Waals surface area contributed by atoms with Gasteiger partial charge in [-0.2, -0.15) is 0 Å². The molecule has 0 saturated carbocycles. The third-order valence-corrected chi connectivity index (χ3v) is 2.62. The summed E-state index contributed by atoms with van der Waals surface area (Å²) in [6, 6.07) is 9.25. The standard InChI is InChI=1S/C14H12O/c1-3-10-5-6-11-9-12(15)7-8-14(11)13(10)4-2/h1,5-9,15H,4H2,2H3. The van der Waals surface area contributed by atoms with Crippen LogP contribution in [0.2, 0.25) is 0 Å². The van der Waals surface area contributed by atoms with E-state index >= 15 is 0 Å². The van der Waals surface area contributed by atoms with Gasteiger partial charge >= 0.3 is 0 Å². The molecule has 0 aliphatic carbocycles. The number of hydrogen-bond acceptors (Lipinski definition) is 1. The highest BCUT2D eigenvalue weighted by Crippen LogP contribution is 2.25. The van der Waals surface area contributed by atoms with E-state index in [0.29, 0.717) is 0 Å². The Labute approximate surface area is 89.4 Å². The predicted molar refractivity (Wildman–Crippen MR) is 62.9 cm³/mol. The molecular weight excluding hydrogens is 184 g/mol. The first-order valence-electron chi connectivity index (χ1n) is 4.97. The zero-order valence-corrected chi connectivity index (χ0v) is 8.62. The lowest BCUT2D eigenvalue weighted by molar-refractivity contribution is 0.476. The molecule has 0 heterocycles. The second-order valence-corrected chi connectivity index (χ2v) is 3.50. The van der Waals surface area contributed by atoms with Gasteiger partial charge < -0.3 is 5.11 Å². The van der Waals surface area contributed by atoms with Crippen molar-refractivity contribution in [2.45, 2.75) is 13.3 Å². The number of benzene rings is 2. The molecule has 0 fully saturated rings. The van der Waals surface area contributed by atoms with Crippen molar-refractivity contribution >= 4 is 10.8 Å². The van der Waals surface area contributed by atoms with Gasteiger partial charge in [0.25, 0.3) is 0 Å². The Kier molecular flexibility index (Phi) is 2.35. The minimum absolute atomic E-state index is 0.290. The van der Waals surface area contributed by atoms with Gasteiger partial charge in [0, 0.05) is 5.56 Å². The van der Waals surface area contributed by atoms with Crippen LogP contribution in [0.3, 0.4) is 0 Å². The molecule has 0 aromatic heterocycles. The lowest BCUT2D eigenvalue weighted by Gasteiger charge is -2.07. The van der Waals surface area contributed by atoms with Crippen molar-refractivity contribution in [3.63, 3.8) is 0 Å². The van der Waals surface area contributed by atoms with Crippen molar-refractivity contribution in [2.24, 2.45) is 0 Å². The molecule has 1 N–H and O–H groups in total. The van der Waals surface area contributed by atoms with Crippen molar-refractivity contribution in [3.05, 3.63) is 41.5 Å². The number of aromatic hydroxyl groups is 1. The second kappa shape index (κ2) is 3.67. The van der Waals surface area contributed by atoms with Crippen LogP contribution in [0.15, 0.2) is 30.3 Å². The SMILES string of the molecule is C#Cc1ccc2cc(O)ccc2c1CC. The molecule has 1 heteroatoms. The average molecular weight is 196 g/mol. The number of aryl methyl sites for hydroxylation is 1. The average Bonchev–Trinajstić information content (AvgIpc) is 2.27. The maximum atomic E-state index is 9.38. The van der Waals surface area contributed by atoms with Crippen LogP contribution in [-0.4, -0.2) is 5.11 Å². The number of hydrogen-bond donors (Lipinski definition) is 1. The Balaban J connectivity index is 2.83. The minimum Gasteiger partial charge on any atom is -0.508 e. The van der Waals surface area contributed by atoms with Crippen molar-refractivity contribution in [1.29, 1.82) is 0 Å². The molecule has 0 atom stereocenters. The van der Waals surface area contributed by atoms with Gasteiger partial charge in [-0.25, -0.2) is 0 Å². The van der Waals surface area contributed by atoms with E-state index in [9.17, 15) is 5.11 Å². The van der Waals surface area contributed by atoms with Crippen molar-refractivity contribution < 1.29 is 5.11 Å². The zero-order valence-electron chi connectivity index (χ0n) is 8.62. The molecule has 0 saturated heterocycles. The Morgan fingerprint density at radius 2 is 2.07 bits per heavy atom. The first kappa shape index (κ1) is 9.61. The summed E-state index contributed by atoms with van der Waals surface area (Å²) in [7, 11) is 0. The number of terminal acetylenes is 1. The lowest BCUT2D eigenvalue weighted by atomic mass is 9.97. The molecule has 74 valence electrons. The fourth-order valence-corrected chi connectivity index (χ4v) is 1.90. The van der Waals surface area contributed by atoms with Crippen LogP contribution in [0.4, 0.5) is 0 Å². The summed E-state index contributed by atoms with van der Waals surface area (Å²) in [5.74, 6) is 2.98. The monoisotopic (exact) mass is 196 g/mol. The van der Waals surface area contributed by atoms with Gasteiger partial charge in [0.1, 0.15) is 5.75 Å². The molecule has 2 aromatic carbocycles. The Bertz CT molecular complexity index is 547. The van der Waals surface area contributed by atoms with E-state index in [2.05, 4.69) is 12.8 Å². The molecule has 0 bridgehead atoms. The van der Waals surface area contributed by atoms with E-state index in [0.717, 1.165) is 22.8 Å². The predicted octanol–water partition coefficient (Wildman–Crippen LogP) is 3.09. The highest BCUT2D eigenvalue weighted by atomic mass is 16.3. The summed E-state index contributed by atoms with van der Waals surface area (Å²) >= 11 is 0. The third kappa shape index (κ3) is 1.55. The molecule has 2 aromatic rings. The van der Waals surface area contributed by atoms with E-state index in [1.54, 1.807) is 12.1 Å². The molecule has 0 radical (unpaired) electrons. The van der Waals surface area contributed by atoms with Gasteiger partial charge in [0.2, 0.25) is 0 Å². The molecule has 2 rings (SSSR count). The van der Waals surface area contributed by atoms with E-state index < -0.39 is 0 Å². The Morgan fingerprint density at radius 1 is 1.27 bits per heavy atom. The fraction of sp³-hybridized carbons (Fsp3) is 0.143. The molecule has 0 aliphatic rings. The van der Waals surface area contributed by atoms with Crippen LogP contribution in [0.25, 0.3) is 10.8 Å². The molecular formula is C14H12O. The normalized spacial score (nSPS) is 10.1. The van der Waals surface area contributed by atoms with Gasteiger partial charge in [-0.15, -0.1) is 6.42 Å².